The number of hydrogen-bond donors (Lipinski definition) is 0. The number of rotatable bonds is 4. The predicted octanol–water partition coefficient (Wildman–Crippen LogP) is 7.14. The van der Waals surface area contributed by atoms with Gasteiger partial charge in [0.1, 0.15) is 11.4 Å². The Kier molecular flexibility index (Phi) is 4.97. The minimum Gasteiger partial charge on any atom is -0.452 e. The van der Waals surface area contributed by atoms with Crippen LogP contribution >= 0.6 is 11.6 Å². The molecule has 0 fully saturated rings. The maximum Gasteiger partial charge on any atom is 0.228 e. The van der Waals surface area contributed by atoms with E-state index in [1.54, 1.807) is 35.0 Å². The van der Waals surface area contributed by atoms with Crippen LogP contribution < -0.4 is 0 Å². The van der Waals surface area contributed by atoms with Crippen LogP contribution in [0.2, 0.25) is 5.02 Å². The summed E-state index contributed by atoms with van der Waals surface area (Å²) in [6.45, 7) is 2.04. The highest BCUT2D eigenvalue weighted by atomic mass is 35.5. The van der Waals surface area contributed by atoms with E-state index in [0.29, 0.717) is 38.5 Å². The molecule has 3 aromatic carbocycles. The maximum absolute atomic E-state index is 13.4. The van der Waals surface area contributed by atoms with Gasteiger partial charge >= 0.3 is 0 Å². The predicted molar refractivity (Wildman–Crippen MR) is 133 cm³/mol. The van der Waals surface area contributed by atoms with Gasteiger partial charge in [-0.05, 0) is 55.5 Å². The van der Waals surface area contributed by atoms with Crippen molar-refractivity contribution < 1.29 is 13.6 Å². The van der Waals surface area contributed by atoms with Crippen LogP contribution in [0.15, 0.2) is 89.5 Å². The number of aromatic nitrogens is 3. The number of hydrogen-bond acceptors (Lipinski definition) is 4. The van der Waals surface area contributed by atoms with Crippen molar-refractivity contribution in [1.82, 2.24) is 14.6 Å². The first kappa shape index (κ1) is 21.3. The van der Waals surface area contributed by atoms with Gasteiger partial charge in [0, 0.05) is 33.8 Å². The lowest BCUT2D eigenvalue weighted by Gasteiger charge is -2.04. The monoisotopic (exact) mass is 481 g/mol. The van der Waals surface area contributed by atoms with E-state index < -0.39 is 5.82 Å². The van der Waals surface area contributed by atoms with E-state index in [-0.39, 0.29) is 11.5 Å². The normalized spacial score (nSPS) is 11.4. The minimum absolute atomic E-state index is 0.115. The van der Waals surface area contributed by atoms with Gasteiger partial charge in [-0.3, -0.25) is 4.79 Å². The number of furan rings is 1. The van der Waals surface area contributed by atoms with Gasteiger partial charge in [0.25, 0.3) is 0 Å². The number of nitrogens with zero attached hydrogens (tertiary/aromatic N) is 3. The molecular weight excluding hydrogens is 465 g/mol. The SMILES string of the molecule is Cc1ccc(-c2cc3nc(-c4c(C(=O)c5ccc(F)cc5)oc5ccc(Cl)cc45)ccn3n2)cc1. The summed E-state index contributed by atoms with van der Waals surface area (Å²) >= 11 is 6.28. The third kappa shape index (κ3) is 3.78. The molecule has 0 aliphatic carbocycles. The van der Waals surface area contributed by atoms with Crippen LogP contribution in [-0.2, 0) is 0 Å². The summed E-state index contributed by atoms with van der Waals surface area (Å²) < 4.78 is 21.1. The fraction of sp³-hybridized carbons (Fsp3) is 0.0357. The molecule has 0 aliphatic rings. The Morgan fingerprint density at radius 3 is 2.49 bits per heavy atom. The Labute approximate surface area is 204 Å². The molecule has 5 nitrogen and oxygen atoms in total. The number of ketones is 1. The summed E-state index contributed by atoms with van der Waals surface area (Å²) in [5, 5.41) is 5.80. The van der Waals surface area contributed by atoms with E-state index in [1.165, 1.54) is 29.8 Å². The van der Waals surface area contributed by atoms with E-state index in [4.69, 9.17) is 21.0 Å². The quantitative estimate of drug-likeness (QED) is 0.251. The number of carbonyl (C=O) groups excluding carboxylic acids is 1. The van der Waals surface area contributed by atoms with Crippen LogP contribution in [0.3, 0.4) is 0 Å². The molecular formula is C28H17ClFN3O2. The molecule has 35 heavy (non-hydrogen) atoms. The van der Waals surface area contributed by atoms with Gasteiger partial charge in [0.15, 0.2) is 11.4 Å². The largest absolute Gasteiger partial charge is 0.452 e. The molecule has 0 amide bonds. The van der Waals surface area contributed by atoms with Crippen molar-refractivity contribution >= 4 is 34.0 Å². The summed E-state index contributed by atoms with van der Waals surface area (Å²) in [6.07, 6.45) is 1.80. The molecule has 0 aliphatic heterocycles. The molecule has 0 saturated heterocycles. The van der Waals surface area contributed by atoms with Crippen LogP contribution in [-0.4, -0.2) is 20.4 Å². The van der Waals surface area contributed by atoms with Gasteiger partial charge in [-0.15, -0.1) is 0 Å². The van der Waals surface area contributed by atoms with Crippen molar-refractivity contribution in [3.63, 3.8) is 0 Å². The van der Waals surface area contributed by atoms with Crippen LogP contribution in [0.25, 0.3) is 39.1 Å². The smallest absolute Gasteiger partial charge is 0.228 e. The van der Waals surface area contributed by atoms with Crippen molar-refractivity contribution in [1.29, 1.82) is 0 Å². The number of carbonyl (C=O) groups is 1. The molecule has 170 valence electrons. The molecule has 6 rings (SSSR count). The maximum atomic E-state index is 13.4. The van der Waals surface area contributed by atoms with Crippen molar-refractivity contribution in [3.8, 4) is 22.5 Å². The number of aryl methyl sites for hydroxylation is 1. The van der Waals surface area contributed by atoms with E-state index in [9.17, 15) is 9.18 Å². The summed E-state index contributed by atoms with van der Waals surface area (Å²) in [4.78, 5) is 18.2. The molecule has 7 heteroatoms. The van der Waals surface area contributed by atoms with Gasteiger partial charge in [-0.1, -0.05) is 41.4 Å². The van der Waals surface area contributed by atoms with Gasteiger partial charge in [0.2, 0.25) is 5.78 Å². The van der Waals surface area contributed by atoms with E-state index in [2.05, 4.69) is 5.10 Å². The number of halogens is 2. The summed E-state index contributed by atoms with van der Waals surface area (Å²) in [7, 11) is 0. The topological polar surface area (TPSA) is 60.4 Å². The first-order chi connectivity index (χ1) is 17.0. The Balaban J connectivity index is 1.52. The third-order valence-electron chi connectivity index (χ3n) is 5.89. The highest BCUT2D eigenvalue weighted by Gasteiger charge is 2.25. The Bertz CT molecular complexity index is 1740. The molecule has 0 N–H and O–H groups in total. The van der Waals surface area contributed by atoms with Crippen molar-refractivity contribution in [3.05, 3.63) is 113 Å². The zero-order chi connectivity index (χ0) is 24.1. The Morgan fingerprint density at radius 1 is 0.943 bits per heavy atom. The van der Waals surface area contributed by atoms with E-state index >= 15 is 0 Å². The third-order valence-corrected chi connectivity index (χ3v) is 6.13. The zero-order valence-corrected chi connectivity index (χ0v) is 19.3. The van der Waals surface area contributed by atoms with Gasteiger partial charge < -0.3 is 4.42 Å². The Hall–Kier alpha value is -4.29. The molecule has 3 aromatic heterocycles. The first-order valence-corrected chi connectivity index (χ1v) is 11.3. The van der Waals surface area contributed by atoms with Gasteiger partial charge in [0.05, 0.1) is 17.0 Å². The van der Waals surface area contributed by atoms with Crippen LogP contribution in [0.4, 0.5) is 4.39 Å². The lowest BCUT2D eigenvalue weighted by Crippen LogP contribution is -2.02. The van der Waals surface area contributed by atoms with Crippen molar-refractivity contribution in [2.75, 3.05) is 0 Å². The van der Waals surface area contributed by atoms with Gasteiger partial charge in [-0.2, -0.15) is 5.10 Å². The molecule has 0 spiro atoms. The fourth-order valence-corrected chi connectivity index (χ4v) is 4.27. The summed E-state index contributed by atoms with van der Waals surface area (Å²) in [6, 6.07) is 22.3. The average Bonchev–Trinajstić information content (AvgIpc) is 3.45. The van der Waals surface area contributed by atoms with Crippen LogP contribution in [0.1, 0.15) is 21.7 Å². The Morgan fingerprint density at radius 2 is 1.71 bits per heavy atom. The molecule has 3 heterocycles. The first-order valence-electron chi connectivity index (χ1n) is 10.9. The molecule has 0 unspecified atom stereocenters. The molecule has 0 radical (unpaired) electrons. The van der Waals surface area contributed by atoms with Crippen LogP contribution in [0.5, 0.6) is 0 Å². The number of benzene rings is 3. The molecule has 6 aromatic rings. The standard InChI is InChI=1S/C28H17ClFN3O2/c1-16-2-4-17(5-3-16)23-15-25-31-22(12-13-33(25)32-23)26-21-14-19(29)8-11-24(21)35-28(26)27(34)18-6-9-20(30)10-7-18/h2-15H,1H3. The van der Waals surface area contributed by atoms with Crippen molar-refractivity contribution in [2.24, 2.45) is 0 Å². The molecule has 0 atom stereocenters. The lowest BCUT2D eigenvalue weighted by molar-refractivity contribution is 0.101. The van der Waals surface area contributed by atoms with E-state index in [1.807, 2.05) is 37.3 Å². The summed E-state index contributed by atoms with van der Waals surface area (Å²) in [5.74, 6) is -0.678. The zero-order valence-electron chi connectivity index (χ0n) is 18.5. The number of fused-ring (bicyclic) bond motifs is 2. The minimum atomic E-state index is -0.421. The lowest BCUT2D eigenvalue weighted by atomic mass is 10.0. The molecule has 0 saturated carbocycles. The van der Waals surface area contributed by atoms with Gasteiger partial charge in [-0.25, -0.2) is 13.9 Å². The van der Waals surface area contributed by atoms with E-state index in [0.717, 1.165) is 11.3 Å². The second kappa shape index (κ2) is 8.18. The summed E-state index contributed by atoms with van der Waals surface area (Å²) in [5.41, 5.74) is 5.44. The van der Waals surface area contributed by atoms with Crippen LogP contribution in [0, 0.1) is 12.7 Å². The highest BCUT2D eigenvalue weighted by Crippen LogP contribution is 2.37. The van der Waals surface area contributed by atoms with Crippen molar-refractivity contribution in [2.45, 2.75) is 6.92 Å². The fourth-order valence-electron chi connectivity index (χ4n) is 4.10. The second-order valence-electron chi connectivity index (χ2n) is 8.29. The molecule has 0 bridgehead atoms. The second-order valence-corrected chi connectivity index (χ2v) is 8.73. The highest BCUT2D eigenvalue weighted by molar-refractivity contribution is 6.31. The average molecular weight is 482 g/mol.